The highest BCUT2D eigenvalue weighted by Gasteiger charge is 2.35. The number of benzene rings is 2. The second-order valence-corrected chi connectivity index (χ2v) is 9.55. The molecular formula is C29H34N4O5. The highest BCUT2D eigenvalue weighted by molar-refractivity contribution is 5.84. The number of alkyl carbamates (subject to hydrolysis) is 1. The predicted molar refractivity (Wildman–Crippen MR) is 143 cm³/mol. The number of carbonyl (C=O) groups is 3. The number of aromatic nitrogens is 1. The second-order valence-electron chi connectivity index (χ2n) is 9.55. The van der Waals surface area contributed by atoms with Gasteiger partial charge in [-0.15, -0.1) is 0 Å². The Labute approximate surface area is 222 Å². The van der Waals surface area contributed by atoms with Crippen molar-refractivity contribution in [2.75, 3.05) is 6.54 Å². The van der Waals surface area contributed by atoms with Gasteiger partial charge in [0.25, 0.3) is 0 Å². The van der Waals surface area contributed by atoms with Crippen LogP contribution in [0.1, 0.15) is 43.2 Å². The summed E-state index contributed by atoms with van der Waals surface area (Å²) >= 11 is 0. The zero-order valence-electron chi connectivity index (χ0n) is 21.3. The minimum atomic E-state index is -0.877. The van der Waals surface area contributed by atoms with Gasteiger partial charge in [-0.2, -0.15) is 0 Å². The van der Waals surface area contributed by atoms with Crippen LogP contribution >= 0.6 is 0 Å². The number of fused-ring (bicyclic) bond motifs is 1. The number of carbonyl (C=O) groups excluding carboxylic acids is 2. The van der Waals surface area contributed by atoms with Crippen LogP contribution in [-0.2, 0) is 27.5 Å². The molecule has 1 saturated carbocycles. The van der Waals surface area contributed by atoms with E-state index in [0.717, 1.165) is 28.5 Å². The first-order valence-electron chi connectivity index (χ1n) is 13.0. The van der Waals surface area contributed by atoms with Crippen molar-refractivity contribution in [3.8, 4) is 0 Å². The number of ether oxygens (including phenoxy) is 1. The minimum absolute atomic E-state index is 0.185. The number of amides is 2. The van der Waals surface area contributed by atoms with E-state index in [0.29, 0.717) is 38.8 Å². The van der Waals surface area contributed by atoms with Gasteiger partial charge < -0.3 is 25.8 Å². The third kappa shape index (κ3) is 7.52. The Balaban J connectivity index is 1.33. The summed E-state index contributed by atoms with van der Waals surface area (Å²) in [6, 6.07) is 18.3. The molecule has 3 aromatic rings. The van der Waals surface area contributed by atoms with Crippen molar-refractivity contribution in [2.45, 2.75) is 57.3 Å². The first-order valence-corrected chi connectivity index (χ1v) is 13.0. The Morgan fingerprint density at radius 3 is 2.66 bits per heavy atom. The largest absolute Gasteiger partial charge is 0.481 e. The van der Waals surface area contributed by atoms with E-state index in [-0.39, 0.29) is 18.6 Å². The number of para-hydroxylation sites is 1. The fraction of sp³-hybridized carbons (Fsp3) is 0.379. The van der Waals surface area contributed by atoms with E-state index in [1.807, 2.05) is 60.7 Å². The molecule has 9 heteroatoms. The van der Waals surface area contributed by atoms with Gasteiger partial charge in [0.2, 0.25) is 5.91 Å². The number of hydrogen-bond acceptors (Lipinski definition) is 6. The lowest BCUT2D eigenvalue weighted by molar-refractivity contribution is -0.142. The summed E-state index contributed by atoms with van der Waals surface area (Å²) in [5.41, 5.74) is 2.73. The fourth-order valence-corrected chi connectivity index (χ4v) is 4.85. The van der Waals surface area contributed by atoms with Gasteiger partial charge in [0.05, 0.1) is 17.5 Å². The number of nitrogens with one attached hydrogen (secondary N) is 3. The number of carboxylic acid groups (broad SMARTS) is 1. The molecule has 1 aliphatic rings. The molecule has 0 bridgehead atoms. The Kier molecular flexibility index (Phi) is 9.64. The summed E-state index contributed by atoms with van der Waals surface area (Å²) in [4.78, 5) is 41.4. The van der Waals surface area contributed by atoms with E-state index in [9.17, 15) is 19.5 Å². The summed E-state index contributed by atoms with van der Waals surface area (Å²) < 4.78 is 5.24. The van der Waals surface area contributed by atoms with Crippen molar-refractivity contribution in [3.05, 3.63) is 78.0 Å². The molecule has 0 unspecified atom stereocenters. The van der Waals surface area contributed by atoms with E-state index >= 15 is 0 Å². The van der Waals surface area contributed by atoms with Crippen LogP contribution in [0.5, 0.6) is 0 Å². The number of hydrogen-bond donors (Lipinski definition) is 4. The first kappa shape index (κ1) is 27.1. The van der Waals surface area contributed by atoms with Crippen LogP contribution in [0.15, 0.2) is 66.9 Å². The van der Waals surface area contributed by atoms with Crippen molar-refractivity contribution >= 4 is 28.9 Å². The van der Waals surface area contributed by atoms with Gasteiger partial charge in [-0.25, -0.2) is 4.79 Å². The van der Waals surface area contributed by atoms with Gasteiger partial charge in [0, 0.05) is 30.7 Å². The van der Waals surface area contributed by atoms with E-state index in [1.165, 1.54) is 0 Å². The highest BCUT2D eigenvalue weighted by atomic mass is 16.5. The van der Waals surface area contributed by atoms with Crippen LogP contribution < -0.4 is 16.0 Å². The number of rotatable bonds is 12. The van der Waals surface area contributed by atoms with Crippen LogP contribution in [0, 0.1) is 5.92 Å². The van der Waals surface area contributed by atoms with E-state index in [2.05, 4.69) is 20.9 Å². The van der Waals surface area contributed by atoms with Crippen molar-refractivity contribution < 1.29 is 24.2 Å². The zero-order valence-corrected chi connectivity index (χ0v) is 21.3. The Morgan fingerprint density at radius 1 is 1.03 bits per heavy atom. The molecule has 3 atom stereocenters. The van der Waals surface area contributed by atoms with Crippen molar-refractivity contribution in [3.63, 3.8) is 0 Å². The lowest BCUT2D eigenvalue weighted by Crippen LogP contribution is -2.49. The standard InChI is InChI=1S/C29H34N4O5/c34-27(33-24-14-5-13-23(24)28(35)36)25(32-18-22-11-4-10-21-12-6-16-30-26(21)22)15-7-17-31-29(37)38-19-20-8-2-1-3-9-20/h1-4,6,8-12,16,23-25,32H,5,7,13-15,17-19H2,(H,31,37)(H,33,34)(H,35,36)/t23-,24+,25+/m1/s1. The monoisotopic (exact) mass is 518 g/mol. The van der Waals surface area contributed by atoms with Crippen LogP contribution in [0.25, 0.3) is 10.9 Å². The predicted octanol–water partition coefficient (Wildman–Crippen LogP) is 3.77. The molecule has 4 rings (SSSR count). The van der Waals surface area contributed by atoms with Gasteiger partial charge in [0.1, 0.15) is 6.61 Å². The van der Waals surface area contributed by atoms with Crippen LogP contribution in [0.3, 0.4) is 0 Å². The lowest BCUT2D eigenvalue weighted by atomic mass is 10.0. The normalized spacial score (nSPS) is 17.6. The third-order valence-corrected chi connectivity index (χ3v) is 6.88. The molecule has 2 amide bonds. The van der Waals surface area contributed by atoms with Crippen molar-refractivity contribution in [2.24, 2.45) is 5.92 Å². The summed E-state index contributed by atoms with van der Waals surface area (Å²) in [5.74, 6) is -1.68. The topological polar surface area (TPSA) is 130 Å². The SMILES string of the molecule is O=C(NCCC[C@H](NCc1cccc2cccnc12)C(=O)N[C@H]1CCC[C@H]1C(=O)O)OCc1ccccc1. The number of nitrogens with zero attached hydrogens (tertiary/aromatic N) is 1. The van der Waals surface area contributed by atoms with Gasteiger partial charge in [-0.3, -0.25) is 14.6 Å². The number of aliphatic carboxylic acids is 1. The average Bonchev–Trinajstić information content (AvgIpc) is 3.40. The maximum absolute atomic E-state index is 13.2. The maximum atomic E-state index is 13.2. The lowest BCUT2D eigenvalue weighted by Gasteiger charge is -2.23. The molecule has 200 valence electrons. The quantitative estimate of drug-likeness (QED) is 0.269. The molecular weight excluding hydrogens is 484 g/mol. The average molecular weight is 519 g/mol. The van der Waals surface area contributed by atoms with Gasteiger partial charge in [-0.1, -0.05) is 61.0 Å². The number of carboxylic acids is 1. The molecule has 2 aromatic carbocycles. The molecule has 1 heterocycles. The van der Waals surface area contributed by atoms with Gasteiger partial charge in [-0.05, 0) is 42.9 Å². The zero-order chi connectivity index (χ0) is 26.7. The fourth-order valence-electron chi connectivity index (χ4n) is 4.85. The Morgan fingerprint density at radius 2 is 1.84 bits per heavy atom. The summed E-state index contributed by atoms with van der Waals surface area (Å²) in [6.45, 7) is 0.951. The number of pyridine rings is 1. The highest BCUT2D eigenvalue weighted by Crippen LogP contribution is 2.26. The molecule has 4 N–H and O–H groups in total. The summed E-state index contributed by atoms with van der Waals surface area (Å²) in [5, 5.41) is 19.6. The summed E-state index contributed by atoms with van der Waals surface area (Å²) in [6.07, 6.45) is 4.20. The van der Waals surface area contributed by atoms with Crippen molar-refractivity contribution in [1.29, 1.82) is 0 Å². The minimum Gasteiger partial charge on any atom is -0.481 e. The first-order chi connectivity index (χ1) is 18.5. The van der Waals surface area contributed by atoms with E-state index in [1.54, 1.807) is 6.20 Å². The van der Waals surface area contributed by atoms with Gasteiger partial charge >= 0.3 is 12.1 Å². The summed E-state index contributed by atoms with van der Waals surface area (Å²) in [7, 11) is 0. The molecule has 9 nitrogen and oxygen atoms in total. The smallest absolute Gasteiger partial charge is 0.407 e. The third-order valence-electron chi connectivity index (χ3n) is 6.88. The molecule has 0 aliphatic heterocycles. The van der Waals surface area contributed by atoms with Gasteiger partial charge in [0.15, 0.2) is 0 Å². The molecule has 1 fully saturated rings. The molecule has 0 saturated heterocycles. The van der Waals surface area contributed by atoms with Crippen LogP contribution in [0.4, 0.5) is 4.79 Å². The van der Waals surface area contributed by atoms with Crippen LogP contribution in [0.2, 0.25) is 0 Å². The van der Waals surface area contributed by atoms with E-state index < -0.39 is 24.0 Å². The second kappa shape index (κ2) is 13.5. The molecule has 0 radical (unpaired) electrons. The van der Waals surface area contributed by atoms with E-state index in [4.69, 9.17) is 4.74 Å². The molecule has 1 aromatic heterocycles. The Hall–Kier alpha value is -3.98. The van der Waals surface area contributed by atoms with Crippen molar-refractivity contribution in [1.82, 2.24) is 20.9 Å². The van der Waals surface area contributed by atoms with Crippen LogP contribution in [-0.4, -0.2) is 46.7 Å². The molecule has 38 heavy (non-hydrogen) atoms. The molecule has 1 aliphatic carbocycles. The molecule has 0 spiro atoms. The Bertz CT molecular complexity index is 1230. The maximum Gasteiger partial charge on any atom is 0.407 e.